The summed E-state index contributed by atoms with van der Waals surface area (Å²) in [6.45, 7) is -4.75. The van der Waals surface area contributed by atoms with Gasteiger partial charge < -0.3 is 0 Å². The van der Waals surface area contributed by atoms with Crippen molar-refractivity contribution in [1.82, 2.24) is 0 Å². The van der Waals surface area contributed by atoms with E-state index in [1.165, 1.54) is 0 Å². The first-order chi connectivity index (χ1) is 5.48. The van der Waals surface area contributed by atoms with Crippen molar-refractivity contribution in [2.24, 2.45) is 0 Å². The molecule has 0 atom stereocenters. The smallest absolute Gasteiger partial charge is 0.251 e. The number of rotatable bonds is 6. The Morgan fingerprint density at radius 2 is 1.92 bits per heavy atom. The van der Waals surface area contributed by atoms with Crippen molar-refractivity contribution in [3.8, 4) is 0 Å². The van der Waals surface area contributed by atoms with Crippen molar-refractivity contribution in [2.45, 2.75) is 13.0 Å². The van der Waals surface area contributed by atoms with E-state index < -0.39 is 30.3 Å². The molecule has 0 spiro atoms. The molecule has 0 N–H and O–H groups in total. The van der Waals surface area contributed by atoms with Crippen molar-refractivity contribution in [2.75, 3.05) is 13.3 Å². The zero-order chi connectivity index (χ0) is 9.61. The van der Waals surface area contributed by atoms with E-state index in [-0.39, 0.29) is 6.42 Å². The lowest BCUT2D eigenvalue weighted by Crippen LogP contribution is -2.14. The third-order valence-electron chi connectivity index (χ3n) is 0.696. The van der Waals surface area contributed by atoms with Crippen LogP contribution in [0.3, 0.4) is 0 Å². The predicted octanol–water partition coefficient (Wildman–Crippen LogP) is 0.847. The number of hydrogen-bond acceptors (Lipinski definition) is 4. The zero-order valence-electron chi connectivity index (χ0n) is 5.87. The largest absolute Gasteiger partial charge is 0.404 e. The van der Waals surface area contributed by atoms with E-state index in [1.54, 1.807) is 0 Å². The van der Waals surface area contributed by atoms with Gasteiger partial charge in [-0.25, -0.2) is 4.18 Å². The van der Waals surface area contributed by atoms with Gasteiger partial charge in [0.25, 0.3) is 0 Å². The van der Waals surface area contributed by atoms with E-state index in [1.807, 2.05) is 0 Å². The highest BCUT2D eigenvalue weighted by atomic mass is 32.3. The van der Waals surface area contributed by atoms with Crippen molar-refractivity contribution in [1.29, 1.82) is 0 Å². The average Bonchev–Trinajstić information content (AvgIpc) is 1.84. The fourth-order valence-electron chi connectivity index (χ4n) is 0.332. The summed E-state index contributed by atoms with van der Waals surface area (Å²) in [6.07, 6.45) is -0.189. The zero-order valence-corrected chi connectivity index (χ0v) is 6.69. The minimum atomic E-state index is -4.67. The van der Waals surface area contributed by atoms with Gasteiger partial charge in [-0.1, -0.05) is 0 Å². The Bertz CT molecular complexity index is 202. The summed E-state index contributed by atoms with van der Waals surface area (Å²) in [5.74, 6) is 0. The third kappa shape index (κ3) is 6.38. The van der Waals surface area contributed by atoms with Crippen LogP contribution >= 0.6 is 0 Å². The molecule has 0 bridgehead atoms. The number of halogens is 3. The minimum Gasteiger partial charge on any atom is -0.251 e. The quantitative estimate of drug-likeness (QED) is 0.607. The second-order valence-electron chi connectivity index (χ2n) is 1.63. The summed E-state index contributed by atoms with van der Waals surface area (Å²) >= 11 is 0. The second-order valence-corrected chi connectivity index (χ2v) is 2.87. The summed E-state index contributed by atoms with van der Waals surface area (Å²) in [6, 6.07) is 0. The van der Waals surface area contributed by atoms with E-state index in [2.05, 4.69) is 8.37 Å². The Morgan fingerprint density at radius 1 is 1.33 bits per heavy atom. The molecule has 0 rings (SSSR count). The third-order valence-corrected chi connectivity index (χ3v) is 1.53. The van der Waals surface area contributed by atoms with Crippen LogP contribution in [0.15, 0.2) is 0 Å². The van der Waals surface area contributed by atoms with Gasteiger partial charge in [0, 0.05) is 6.42 Å². The van der Waals surface area contributed by atoms with Gasteiger partial charge >= 0.3 is 17.0 Å². The molecule has 0 aromatic carbocycles. The van der Waals surface area contributed by atoms with E-state index in [0.717, 1.165) is 0 Å². The lowest BCUT2D eigenvalue weighted by atomic mass is 10.5. The van der Waals surface area contributed by atoms with E-state index in [9.17, 15) is 21.6 Å². The van der Waals surface area contributed by atoms with Crippen LogP contribution in [0, 0.1) is 0 Å². The van der Waals surface area contributed by atoms with Gasteiger partial charge in [-0.2, -0.15) is 21.4 Å². The molecule has 8 heteroatoms. The maximum Gasteiger partial charge on any atom is 0.404 e. The van der Waals surface area contributed by atoms with Crippen LogP contribution in [0.25, 0.3) is 0 Å². The van der Waals surface area contributed by atoms with Gasteiger partial charge in [-0.15, -0.1) is 0 Å². The topological polar surface area (TPSA) is 52.6 Å². The molecule has 0 heterocycles. The Morgan fingerprint density at radius 3 is 2.33 bits per heavy atom. The predicted molar refractivity (Wildman–Crippen MR) is 32.6 cm³/mol. The molecule has 0 saturated heterocycles. The summed E-state index contributed by atoms with van der Waals surface area (Å²) in [4.78, 5) is 0. The summed E-state index contributed by atoms with van der Waals surface area (Å²) in [5.41, 5.74) is 0. The maximum atomic E-state index is 11.4. The van der Waals surface area contributed by atoms with Crippen LogP contribution in [0.2, 0.25) is 0 Å². The van der Waals surface area contributed by atoms with Crippen LogP contribution in [0.1, 0.15) is 6.42 Å². The number of alkyl halides is 3. The lowest BCUT2D eigenvalue weighted by Gasteiger charge is -2.02. The van der Waals surface area contributed by atoms with Gasteiger partial charge in [0.15, 0.2) is 0 Å². The highest BCUT2D eigenvalue weighted by Gasteiger charge is 2.18. The molecule has 0 radical (unpaired) electrons. The molecule has 4 nitrogen and oxygen atoms in total. The standard InChI is InChI=1S/C4H7F3O4S/c5-2-1-3-10-12(8,9)11-4(6)7/h4H,1-3H2. The Labute approximate surface area is 67.6 Å². The highest BCUT2D eigenvalue weighted by Crippen LogP contribution is 2.04. The van der Waals surface area contributed by atoms with Crippen LogP contribution in [0.5, 0.6) is 0 Å². The van der Waals surface area contributed by atoms with Crippen LogP contribution in [-0.4, -0.2) is 28.3 Å². The summed E-state index contributed by atoms with van der Waals surface area (Å²) < 4.78 is 61.4. The van der Waals surface area contributed by atoms with E-state index in [0.29, 0.717) is 0 Å². The van der Waals surface area contributed by atoms with Crippen molar-refractivity contribution < 1.29 is 30.0 Å². The molecule has 0 aromatic rings. The highest BCUT2D eigenvalue weighted by molar-refractivity contribution is 7.81. The molecule has 0 aromatic heterocycles. The average molecular weight is 208 g/mol. The van der Waals surface area contributed by atoms with Crippen molar-refractivity contribution in [3.63, 3.8) is 0 Å². The lowest BCUT2D eigenvalue weighted by molar-refractivity contribution is -0.0548. The molecule has 0 saturated carbocycles. The van der Waals surface area contributed by atoms with Crippen LogP contribution in [0.4, 0.5) is 13.2 Å². The van der Waals surface area contributed by atoms with Crippen molar-refractivity contribution in [3.05, 3.63) is 0 Å². The van der Waals surface area contributed by atoms with Gasteiger partial charge in [0.2, 0.25) is 0 Å². The normalized spacial score (nSPS) is 12.3. The molecular weight excluding hydrogens is 201 g/mol. The van der Waals surface area contributed by atoms with Crippen LogP contribution < -0.4 is 0 Å². The molecule has 0 unspecified atom stereocenters. The Hall–Kier alpha value is -0.340. The minimum absolute atomic E-state index is 0.189. The Kier molecular flexibility index (Phi) is 5.18. The Balaban J connectivity index is 3.73. The molecular formula is C4H7F3O4S. The molecule has 0 aliphatic rings. The molecule has 0 fully saturated rings. The fraction of sp³-hybridized carbons (Fsp3) is 1.00. The maximum absolute atomic E-state index is 11.4. The molecule has 0 amide bonds. The molecule has 0 aliphatic heterocycles. The van der Waals surface area contributed by atoms with Gasteiger partial charge in [0.05, 0.1) is 13.3 Å². The SMILES string of the molecule is O=S(=O)(OCCCF)OC(F)F. The molecule has 74 valence electrons. The number of hydrogen-bond donors (Lipinski definition) is 0. The van der Waals surface area contributed by atoms with Crippen molar-refractivity contribution >= 4 is 10.4 Å². The summed E-state index contributed by atoms with van der Waals surface area (Å²) in [7, 11) is -4.67. The van der Waals surface area contributed by atoms with E-state index in [4.69, 9.17) is 0 Å². The summed E-state index contributed by atoms with van der Waals surface area (Å²) in [5, 5.41) is 0. The first-order valence-electron chi connectivity index (χ1n) is 2.89. The van der Waals surface area contributed by atoms with Crippen LogP contribution in [-0.2, 0) is 18.8 Å². The monoisotopic (exact) mass is 208 g/mol. The fourth-order valence-corrected chi connectivity index (χ4v) is 0.888. The second kappa shape index (κ2) is 5.33. The van der Waals surface area contributed by atoms with Gasteiger partial charge in [-0.05, 0) is 0 Å². The van der Waals surface area contributed by atoms with E-state index >= 15 is 0 Å². The first kappa shape index (κ1) is 11.7. The van der Waals surface area contributed by atoms with Gasteiger partial charge in [0.1, 0.15) is 0 Å². The molecule has 12 heavy (non-hydrogen) atoms. The molecule has 0 aliphatic carbocycles. The van der Waals surface area contributed by atoms with Gasteiger partial charge in [-0.3, -0.25) is 4.39 Å². The first-order valence-corrected chi connectivity index (χ1v) is 4.23.